The molecule has 0 aliphatic heterocycles. The summed E-state index contributed by atoms with van der Waals surface area (Å²) in [6.07, 6.45) is 7.05. The molecule has 0 heterocycles. The van der Waals surface area contributed by atoms with Crippen molar-refractivity contribution in [3.05, 3.63) is 0 Å². The van der Waals surface area contributed by atoms with Crippen molar-refractivity contribution in [2.24, 2.45) is 11.3 Å². The number of aliphatic hydroxyl groups excluding tert-OH is 1. The molecule has 0 aromatic heterocycles. The number of rotatable bonds is 1. The maximum atomic E-state index is 7.57. The lowest BCUT2D eigenvalue weighted by atomic mass is 9.71. The van der Waals surface area contributed by atoms with Gasteiger partial charge in [-0.05, 0) is 38.1 Å². The maximum absolute atomic E-state index is 7.57. The van der Waals surface area contributed by atoms with Crippen molar-refractivity contribution in [3.63, 3.8) is 0 Å². The van der Waals surface area contributed by atoms with Crippen LogP contribution in [0.5, 0.6) is 0 Å². The van der Waals surface area contributed by atoms with E-state index in [-0.39, 0.29) is 6.61 Å². The first-order valence-electron chi connectivity index (χ1n) is 6.77. The number of hydrogen-bond donors (Lipinski definition) is 2. The Morgan fingerprint density at radius 3 is 2.31 bits per heavy atom. The molecule has 0 aromatic carbocycles. The molecule has 1 rings (SSSR count). The molecule has 2 atom stereocenters. The van der Waals surface area contributed by atoms with Gasteiger partial charge in [0.2, 0.25) is 0 Å². The highest BCUT2D eigenvalue weighted by Crippen LogP contribution is 2.35. The summed E-state index contributed by atoms with van der Waals surface area (Å²) in [5, 5.41) is 11.1. The molecule has 1 aliphatic carbocycles. The van der Waals surface area contributed by atoms with Crippen molar-refractivity contribution in [1.29, 1.82) is 0 Å². The third-order valence-electron chi connectivity index (χ3n) is 3.70. The monoisotopic (exact) mass is 229 g/mol. The van der Waals surface area contributed by atoms with E-state index < -0.39 is 0 Å². The number of aliphatic hydroxyl groups is 1. The first-order chi connectivity index (χ1) is 7.49. The highest BCUT2D eigenvalue weighted by atomic mass is 16.2. The van der Waals surface area contributed by atoms with Crippen LogP contribution >= 0.6 is 0 Å². The third-order valence-corrected chi connectivity index (χ3v) is 3.70. The van der Waals surface area contributed by atoms with Crippen molar-refractivity contribution < 1.29 is 5.11 Å². The fourth-order valence-corrected chi connectivity index (χ4v) is 2.99. The second-order valence-corrected chi connectivity index (χ2v) is 5.65. The van der Waals surface area contributed by atoms with Crippen LogP contribution in [0, 0.1) is 11.3 Å². The summed E-state index contributed by atoms with van der Waals surface area (Å²) in [7, 11) is 2.12. The van der Waals surface area contributed by atoms with Crippen LogP contribution in [0.15, 0.2) is 0 Å². The lowest BCUT2D eigenvalue weighted by molar-refractivity contribution is 0.151. The van der Waals surface area contributed by atoms with Gasteiger partial charge in [0.25, 0.3) is 0 Å². The van der Waals surface area contributed by atoms with Crippen LogP contribution in [0.2, 0.25) is 0 Å². The molecule has 2 unspecified atom stereocenters. The molecule has 0 amide bonds. The molecule has 2 N–H and O–H groups in total. The SMILES string of the molecule is CCO.CNC1C(C)CCCCCC1(C)C. The van der Waals surface area contributed by atoms with Gasteiger partial charge in [-0.2, -0.15) is 0 Å². The zero-order valence-corrected chi connectivity index (χ0v) is 11.8. The molecular weight excluding hydrogens is 198 g/mol. The molecule has 1 fully saturated rings. The Hall–Kier alpha value is -0.0800. The van der Waals surface area contributed by atoms with Gasteiger partial charge in [0.05, 0.1) is 0 Å². The molecule has 1 saturated carbocycles. The van der Waals surface area contributed by atoms with E-state index in [0.717, 1.165) is 5.92 Å². The quantitative estimate of drug-likeness (QED) is 0.723. The molecule has 0 spiro atoms. The predicted molar refractivity (Wildman–Crippen MR) is 71.6 cm³/mol. The Labute approximate surface area is 102 Å². The molecule has 0 bridgehead atoms. The predicted octanol–water partition coefficient (Wildman–Crippen LogP) is 3.20. The van der Waals surface area contributed by atoms with Gasteiger partial charge >= 0.3 is 0 Å². The molecule has 98 valence electrons. The Bertz CT molecular complexity index is 168. The third kappa shape index (κ3) is 5.31. The normalized spacial score (nSPS) is 29.6. The summed E-state index contributed by atoms with van der Waals surface area (Å²) < 4.78 is 0. The van der Waals surface area contributed by atoms with Crippen LogP contribution in [0.3, 0.4) is 0 Å². The Kier molecular flexibility index (Phi) is 8.04. The van der Waals surface area contributed by atoms with E-state index in [0.29, 0.717) is 11.5 Å². The molecule has 2 nitrogen and oxygen atoms in total. The van der Waals surface area contributed by atoms with Crippen LogP contribution in [-0.4, -0.2) is 24.8 Å². The van der Waals surface area contributed by atoms with Crippen LogP contribution < -0.4 is 5.32 Å². The number of hydrogen-bond acceptors (Lipinski definition) is 2. The minimum Gasteiger partial charge on any atom is -0.397 e. The van der Waals surface area contributed by atoms with Gasteiger partial charge < -0.3 is 10.4 Å². The maximum Gasteiger partial charge on any atom is 0.0402 e. The van der Waals surface area contributed by atoms with E-state index in [1.54, 1.807) is 6.92 Å². The smallest absolute Gasteiger partial charge is 0.0402 e. The first kappa shape index (κ1) is 15.9. The van der Waals surface area contributed by atoms with Gasteiger partial charge in [-0.25, -0.2) is 0 Å². The molecule has 0 saturated heterocycles. The largest absolute Gasteiger partial charge is 0.397 e. The lowest BCUT2D eigenvalue weighted by Crippen LogP contribution is -2.45. The molecule has 0 aromatic rings. The van der Waals surface area contributed by atoms with Crippen LogP contribution in [-0.2, 0) is 0 Å². The van der Waals surface area contributed by atoms with E-state index in [4.69, 9.17) is 5.11 Å². The average molecular weight is 229 g/mol. The fourth-order valence-electron chi connectivity index (χ4n) is 2.99. The zero-order valence-electron chi connectivity index (χ0n) is 11.8. The Morgan fingerprint density at radius 2 is 1.81 bits per heavy atom. The van der Waals surface area contributed by atoms with Crippen molar-refractivity contribution in [3.8, 4) is 0 Å². The van der Waals surface area contributed by atoms with Crippen LogP contribution in [0.1, 0.15) is 59.8 Å². The van der Waals surface area contributed by atoms with Gasteiger partial charge in [-0.3, -0.25) is 0 Å². The highest BCUT2D eigenvalue weighted by Gasteiger charge is 2.32. The van der Waals surface area contributed by atoms with E-state index in [2.05, 4.69) is 33.1 Å². The molecule has 0 radical (unpaired) electrons. The molecule has 1 aliphatic rings. The van der Waals surface area contributed by atoms with Crippen molar-refractivity contribution in [1.82, 2.24) is 5.32 Å². The van der Waals surface area contributed by atoms with Gasteiger partial charge in [0, 0.05) is 12.6 Å². The fraction of sp³-hybridized carbons (Fsp3) is 1.00. The van der Waals surface area contributed by atoms with Crippen LogP contribution in [0.4, 0.5) is 0 Å². The Balaban J connectivity index is 0.000000673. The van der Waals surface area contributed by atoms with E-state index in [9.17, 15) is 0 Å². The van der Waals surface area contributed by atoms with E-state index in [1.165, 1.54) is 32.1 Å². The summed E-state index contributed by atoms with van der Waals surface area (Å²) in [5.74, 6) is 0.834. The van der Waals surface area contributed by atoms with E-state index in [1.807, 2.05) is 0 Å². The first-order valence-corrected chi connectivity index (χ1v) is 6.77. The summed E-state index contributed by atoms with van der Waals surface area (Å²) in [4.78, 5) is 0. The van der Waals surface area contributed by atoms with Crippen molar-refractivity contribution in [2.75, 3.05) is 13.7 Å². The van der Waals surface area contributed by atoms with Gasteiger partial charge in [0.15, 0.2) is 0 Å². The van der Waals surface area contributed by atoms with E-state index >= 15 is 0 Å². The highest BCUT2D eigenvalue weighted by molar-refractivity contribution is 4.88. The molecular formula is C14H31NO. The minimum absolute atomic E-state index is 0.250. The summed E-state index contributed by atoms with van der Waals surface area (Å²) in [6.45, 7) is 9.15. The average Bonchev–Trinajstić information content (AvgIpc) is 2.17. The standard InChI is InChI=1S/C12H25N.C2H6O/c1-10-8-6-5-7-9-12(2,3)11(10)13-4;1-2-3/h10-11,13H,5-9H2,1-4H3;3H,2H2,1H3. The lowest BCUT2D eigenvalue weighted by Gasteiger charge is -2.40. The van der Waals surface area contributed by atoms with Gasteiger partial charge in [-0.1, -0.05) is 40.0 Å². The zero-order chi connectivity index (χ0) is 12.6. The number of nitrogens with one attached hydrogen (secondary N) is 1. The second kappa shape index (κ2) is 8.08. The Morgan fingerprint density at radius 1 is 1.25 bits per heavy atom. The minimum atomic E-state index is 0.250. The van der Waals surface area contributed by atoms with Crippen molar-refractivity contribution in [2.45, 2.75) is 65.8 Å². The van der Waals surface area contributed by atoms with Gasteiger partial charge in [0.1, 0.15) is 0 Å². The van der Waals surface area contributed by atoms with Crippen molar-refractivity contribution >= 4 is 0 Å². The molecule has 2 heteroatoms. The summed E-state index contributed by atoms with van der Waals surface area (Å²) >= 11 is 0. The summed E-state index contributed by atoms with van der Waals surface area (Å²) in [6, 6.07) is 0.702. The second-order valence-electron chi connectivity index (χ2n) is 5.65. The topological polar surface area (TPSA) is 32.3 Å². The van der Waals surface area contributed by atoms with Gasteiger partial charge in [-0.15, -0.1) is 0 Å². The van der Waals surface area contributed by atoms with Crippen LogP contribution in [0.25, 0.3) is 0 Å². The molecule has 16 heavy (non-hydrogen) atoms. The summed E-state index contributed by atoms with van der Waals surface area (Å²) in [5.41, 5.74) is 0.481.